The molecule has 0 N–H and O–H groups in total. The second-order valence-corrected chi connectivity index (χ2v) is 14.3. The molecule has 57 heavy (non-hydrogen) atoms. The molecule has 0 fully saturated rings. The molecule has 0 spiro atoms. The maximum Gasteiger partial charge on any atom is 0.164 e. The molecule has 0 saturated heterocycles. The first-order valence-corrected chi connectivity index (χ1v) is 18.8. The number of hydrogen-bond acceptors (Lipinski definition) is 4. The smallest absolute Gasteiger partial charge is 0.164 e. The molecule has 11 aromatic rings. The Bertz CT molecular complexity index is 4150. The van der Waals surface area contributed by atoms with Crippen molar-refractivity contribution in [1.82, 2.24) is 15.0 Å². The highest BCUT2D eigenvalue weighted by molar-refractivity contribution is 7.25. The first-order valence-electron chi connectivity index (χ1n) is 25.5. The third-order valence-electron chi connectivity index (χ3n) is 9.84. The molecule has 0 aliphatic heterocycles. The van der Waals surface area contributed by atoms with E-state index in [1.54, 1.807) is 11.3 Å². The summed E-state index contributed by atoms with van der Waals surface area (Å²) in [6, 6.07) is 23.6. The molecule has 2 heterocycles. The molecule has 0 radical (unpaired) electrons. The Morgan fingerprint density at radius 3 is 1.75 bits per heavy atom. The number of aromatic nitrogens is 3. The average molecular weight is 759 g/mol. The largest absolute Gasteiger partial charge is 0.208 e. The molecule has 0 amide bonds. The quantitative estimate of drug-likeness (QED) is 0.169. The topological polar surface area (TPSA) is 38.7 Å². The fourth-order valence-electron chi connectivity index (χ4n) is 7.16. The minimum Gasteiger partial charge on any atom is -0.208 e. The molecule has 4 heteroatoms. The highest BCUT2D eigenvalue weighted by atomic mass is 32.1. The van der Waals surface area contributed by atoms with Crippen molar-refractivity contribution in [3.8, 4) is 67.5 Å². The van der Waals surface area contributed by atoms with Gasteiger partial charge >= 0.3 is 0 Å². The van der Waals surface area contributed by atoms with Gasteiger partial charge in [-0.15, -0.1) is 11.3 Å². The molecule has 3 nitrogen and oxygen atoms in total. The van der Waals surface area contributed by atoms with Crippen molar-refractivity contribution >= 4 is 53.1 Å². The van der Waals surface area contributed by atoms with Crippen molar-refractivity contribution in [3.05, 3.63) is 200 Å². The van der Waals surface area contributed by atoms with Gasteiger partial charge in [-0.2, -0.15) is 0 Å². The van der Waals surface area contributed by atoms with E-state index >= 15 is 0 Å². The molecule has 0 aliphatic carbocycles. The number of thiophene rings is 1. The molecule has 2 aromatic heterocycles. The van der Waals surface area contributed by atoms with Crippen LogP contribution in [-0.2, 0) is 0 Å². The monoisotopic (exact) mass is 758 g/mol. The third-order valence-corrected chi connectivity index (χ3v) is 11.0. The Labute approximate surface area is 355 Å². The molecular weight excluding hydrogens is 711 g/mol. The van der Waals surface area contributed by atoms with Crippen LogP contribution in [0.15, 0.2) is 200 Å². The van der Waals surface area contributed by atoms with Gasteiger partial charge in [0.2, 0.25) is 0 Å². The van der Waals surface area contributed by atoms with E-state index in [0.717, 1.165) is 42.1 Å². The Kier molecular flexibility index (Phi) is 5.12. The van der Waals surface area contributed by atoms with Gasteiger partial charge in [-0.25, -0.2) is 15.0 Å². The van der Waals surface area contributed by atoms with Gasteiger partial charge in [0, 0.05) is 36.9 Å². The molecule has 11 rings (SSSR count). The van der Waals surface area contributed by atoms with E-state index in [9.17, 15) is 9.60 Å². The van der Waals surface area contributed by atoms with Crippen LogP contribution in [0.2, 0.25) is 0 Å². The fraction of sp³-hybridized carbons (Fsp3) is 0. The zero-order valence-corrected chi connectivity index (χ0v) is 30.5. The van der Waals surface area contributed by atoms with Crippen LogP contribution in [0.1, 0.15) is 20.6 Å². The standard InChI is InChI=1S/C53H33N3S/c1-3-13-34(14-4-1)41-23-12-17-36-25-26-39(32-47(36)41)52-54-51(55-53(56-52)40-27-30-50-48(33-40)46-22-9-10-24-49(46)57-50)38-19-11-18-37(31-38)43-29-28-42(35-15-5-2-6-16-35)44-20-7-8-21-45(43)44/h1-33H/i2D,5D,6D,7D,8D,11D,15D,16D,18D,19D,20D,21D,28D,29D,31D. The van der Waals surface area contributed by atoms with Gasteiger partial charge in [-0.1, -0.05) is 163 Å². The van der Waals surface area contributed by atoms with Gasteiger partial charge in [0.05, 0.1) is 20.6 Å². The molecule has 0 bridgehead atoms. The van der Waals surface area contributed by atoms with Gasteiger partial charge in [-0.05, 0) is 91.3 Å². The van der Waals surface area contributed by atoms with Crippen LogP contribution in [0.4, 0.5) is 0 Å². The minimum atomic E-state index is -0.838. The SMILES string of the molecule is [2H]c1c([2H])c([2H])c(-c2c([2H])c([2H])c(-c3c([2H])c([2H])c([2H])c(-c4nc(-c5ccc6cccc(-c7ccccc7)c6c5)nc(-c5ccc6sc7ccccc7c6c5)n4)c3[2H])c3c([2H])c([2H])c([2H])c([2H])c23)c([2H])c1[2H]. The summed E-state index contributed by atoms with van der Waals surface area (Å²) >= 11 is 1.62. The highest BCUT2D eigenvalue weighted by Crippen LogP contribution is 2.39. The lowest BCUT2D eigenvalue weighted by Gasteiger charge is -2.14. The van der Waals surface area contributed by atoms with E-state index < -0.39 is 124 Å². The minimum absolute atomic E-state index is 0.133. The maximum absolute atomic E-state index is 9.90. The highest BCUT2D eigenvalue weighted by Gasteiger charge is 2.17. The van der Waals surface area contributed by atoms with Crippen LogP contribution in [0.5, 0.6) is 0 Å². The lowest BCUT2D eigenvalue weighted by atomic mass is 9.91. The van der Waals surface area contributed by atoms with Gasteiger partial charge < -0.3 is 0 Å². The summed E-state index contributed by atoms with van der Waals surface area (Å²) in [6.45, 7) is 0. The molecule has 0 saturated carbocycles. The van der Waals surface area contributed by atoms with Crippen LogP contribution in [0.3, 0.4) is 0 Å². The van der Waals surface area contributed by atoms with Gasteiger partial charge in [-0.3, -0.25) is 0 Å². The normalized spacial score (nSPS) is 15.2. The van der Waals surface area contributed by atoms with Crippen LogP contribution < -0.4 is 0 Å². The van der Waals surface area contributed by atoms with E-state index in [1.165, 1.54) is 0 Å². The van der Waals surface area contributed by atoms with Gasteiger partial charge in [0.25, 0.3) is 0 Å². The van der Waals surface area contributed by atoms with Crippen molar-refractivity contribution < 1.29 is 20.6 Å². The van der Waals surface area contributed by atoms with E-state index in [0.29, 0.717) is 11.1 Å². The fourth-order valence-corrected chi connectivity index (χ4v) is 8.25. The van der Waals surface area contributed by atoms with Crippen molar-refractivity contribution in [2.45, 2.75) is 0 Å². The Morgan fingerprint density at radius 2 is 0.965 bits per heavy atom. The predicted molar refractivity (Wildman–Crippen MR) is 240 cm³/mol. The zero-order valence-electron chi connectivity index (χ0n) is 44.6. The second kappa shape index (κ2) is 13.8. The zero-order chi connectivity index (χ0) is 50.8. The maximum atomic E-state index is 9.90. The summed E-state index contributed by atoms with van der Waals surface area (Å²) in [7, 11) is 0. The molecule has 266 valence electrons. The van der Waals surface area contributed by atoms with Crippen LogP contribution in [0.25, 0.3) is 109 Å². The number of rotatable bonds is 6. The van der Waals surface area contributed by atoms with Crippen molar-refractivity contribution in [2.75, 3.05) is 0 Å². The summed E-state index contributed by atoms with van der Waals surface area (Å²) in [5.41, 5.74) is 0.382. The summed E-state index contributed by atoms with van der Waals surface area (Å²) in [6.07, 6.45) is 0. The van der Waals surface area contributed by atoms with E-state index in [2.05, 4.69) is 0 Å². The summed E-state index contributed by atoms with van der Waals surface area (Å²) in [5, 5.41) is 2.74. The van der Waals surface area contributed by atoms with Crippen molar-refractivity contribution in [1.29, 1.82) is 0 Å². The van der Waals surface area contributed by atoms with Gasteiger partial charge in [0.1, 0.15) is 0 Å². The Balaban J connectivity index is 1.22. The third kappa shape index (κ3) is 5.95. The van der Waals surface area contributed by atoms with Crippen molar-refractivity contribution in [2.24, 2.45) is 0 Å². The molecule has 0 aliphatic rings. The molecule has 0 unspecified atom stereocenters. The molecule has 0 atom stereocenters. The number of benzene rings is 9. The van der Waals surface area contributed by atoms with E-state index in [1.807, 2.05) is 109 Å². The van der Waals surface area contributed by atoms with Crippen LogP contribution in [-0.4, -0.2) is 15.0 Å². The Morgan fingerprint density at radius 1 is 0.351 bits per heavy atom. The van der Waals surface area contributed by atoms with E-state index in [4.69, 9.17) is 25.9 Å². The molecule has 9 aromatic carbocycles. The number of fused-ring (bicyclic) bond motifs is 5. The first kappa shape index (κ1) is 21.1. The van der Waals surface area contributed by atoms with Crippen LogP contribution >= 0.6 is 11.3 Å². The lowest BCUT2D eigenvalue weighted by Crippen LogP contribution is -2.00. The van der Waals surface area contributed by atoms with Gasteiger partial charge in [0.15, 0.2) is 17.5 Å². The predicted octanol–water partition coefficient (Wildman–Crippen LogP) is 14.5. The summed E-state index contributed by atoms with van der Waals surface area (Å²) in [4.78, 5) is 14.8. The summed E-state index contributed by atoms with van der Waals surface area (Å²) in [5.74, 6) is 0.0164. The lowest BCUT2D eigenvalue weighted by molar-refractivity contribution is 1.08. The summed E-state index contributed by atoms with van der Waals surface area (Å²) < 4.78 is 137. The van der Waals surface area contributed by atoms with E-state index in [-0.39, 0.29) is 23.0 Å². The average Bonchev–Trinajstić information content (AvgIpc) is 3.77. The van der Waals surface area contributed by atoms with Crippen LogP contribution in [0, 0.1) is 0 Å². The number of hydrogen-bond donors (Lipinski definition) is 0. The Hall–Kier alpha value is -7.27. The van der Waals surface area contributed by atoms with Crippen molar-refractivity contribution in [3.63, 3.8) is 0 Å². The molecular formula is C53H33N3S. The number of nitrogens with zero attached hydrogens (tertiary/aromatic N) is 3. The first-order chi connectivity index (χ1) is 34.5. The second-order valence-electron chi connectivity index (χ2n) is 13.2.